The Kier molecular flexibility index (Phi) is 6.78. The highest BCUT2D eigenvalue weighted by molar-refractivity contribution is 8.13. The van der Waals surface area contributed by atoms with E-state index in [0.29, 0.717) is 16.5 Å². The highest BCUT2D eigenvalue weighted by Crippen LogP contribution is 2.52. The summed E-state index contributed by atoms with van der Waals surface area (Å²) >= 11 is 7.68. The van der Waals surface area contributed by atoms with Gasteiger partial charge in [0.2, 0.25) is 0 Å². The number of imide groups is 1. The zero-order chi connectivity index (χ0) is 23.9. The van der Waals surface area contributed by atoms with Crippen LogP contribution >= 0.6 is 23.4 Å². The molecule has 9 heteroatoms. The third-order valence-electron chi connectivity index (χ3n) is 5.26. The van der Waals surface area contributed by atoms with Crippen LogP contribution < -0.4 is 5.73 Å². The Labute approximate surface area is 199 Å². The standard InChI is InChI=1S/C23H32ClN3O4S/c1-21(2,3)30-19(28)27(20(29)31-22(4,5)6)18-26-23(9-7-8-14(23)13-32-18)15-10-16(24)12-17(25)11-15/h10-12,14H,7-9,13,25H2,1-6H3/t14-,23-/m0/s1. The Bertz CT molecular complexity index is 890. The number of thioether (sulfide) groups is 1. The van der Waals surface area contributed by atoms with Gasteiger partial charge >= 0.3 is 12.2 Å². The van der Waals surface area contributed by atoms with Crippen molar-refractivity contribution in [2.45, 2.75) is 77.5 Å². The second-order valence-electron chi connectivity index (χ2n) is 10.3. The summed E-state index contributed by atoms with van der Waals surface area (Å²) < 4.78 is 11.1. The Hall–Kier alpha value is -1.93. The van der Waals surface area contributed by atoms with Crippen LogP contribution in [0.2, 0.25) is 5.02 Å². The maximum atomic E-state index is 13.1. The summed E-state index contributed by atoms with van der Waals surface area (Å²) in [6.45, 7) is 10.5. The average molecular weight is 482 g/mol. The molecule has 2 aliphatic rings. The number of nitrogen functional groups attached to an aromatic ring is 1. The smallest absolute Gasteiger partial charge is 0.426 e. The summed E-state index contributed by atoms with van der Waals surface area (Å²) in [7, 11) is 0. The third-order valence-corrected chi connectivity index (χ3v) is 6.58. The molecule has 1 fully saturated rings. The first-order valence-electron chi connectivity index (χ1n) is 10.8. The van der Waals surface area contributed by atoms with Crippen molar-refractivity contribution in [2.75, 3.05) is 11.5 Å². The first-order valence-corrected chi connectivity index (χ1v) is 12.1. The minimum Gasteiger partial charge on any atom is -0.443 e. The number of fused-ring (bicyclic) bond motifs is 1. The molecule has 1 aromatic carbocycles. The van der Waals surface area contributed by atoms with Crippen LogP contribution in [0, 0.1) is 5.92 Å². The minimum atomic E-state index is -0.810. The maximum Gasteiger partial charge on any atom is 0.426 e. The quantitative estimate of drug-likeness (QED) is 0.480. The Morgan fingerprint density at radius 2 is 1.72 bits per heavy atom. The molecule has 1 aliphatic carbocycles. The van der Waals surface area contributed by atoms with Gasteiger partial charge in [0.25, 0.3) is 0 Å². The minimum absolute atomic E-state index is 0.244. The number of rotatable bonds is 1. The number of amides is 2. The SMILES string of the molecule is CC(C)(C)OC(=O)N(C(=O)OC(C)(C)C)C1=N[C@@]2(c3cc(N)cc(Cl)c3)CCC[C@H]2CS1. The molecule has 1 aliphatic heterocycles. The first-order chi connectivity index (χ1) is 14.7. The van der Waals surface area contributed by atoms with Crippen LogP contribution in [0.3, 0.4) is 0 Å². The van der Waals surface area contributed by atoms with Crippen LogP contribution in [-0.2, 0) is 15.0 Å². The largest absolute Gasteiger partial charge is 0.443 e. The number of nitrogens with two attached hydrogens (primary N) is 1. The normalized spacial score (nSPS) is 23.2. The van der Waals surface area contributed by atoms with E-state index >= 15 is 0 Å². The van der Waals surface area contributed by atoms with Crippen molar-refractivity contribution in [1.82, 2.24) is 4.90 Å². The number of carbonyl (C=O) groups is 2. The van der Waals surface area contributed by atoms with E-state index in [-0.39, 0.29) is 11.1 Å². The monoisotopic (exact) mass is 481 g/mol. The molecule has 0 bridgehead atoms. The summed E-state index contributed by atoms with van der Waals surface area (Å²) in [5.41, 5.74) is 5.35. The number of benzene rings is 1. The number of aliphatic imine (C=N–C) groups is 1. The molecular formula is C23H32ClN3O4S. The molecule has 2 atom stereocenters. The molecule has 0 unspecified atom stereocenters. The second-order valence-corrected chi connectivity index (χ2v) is 11.7. The van der Waals surface area contributed by atoms with E-state index in [0.717, 1.165) is 29.7 Å². The number of halogens is 1. The lowest BCUT2D eigenvalue weighted by atomic mass is 9.81. The van der Waals surface area contributed by atoms with Crippen molar-refractivity contribution in [3.8, 4) is 0 Å². The summed E-state index contributed by atoms with van der Waals surface area (Å²) in [6, 6.07) is 5.45. The molecule has 32 heavy (non-hydrogen) atoms. The van der Waals surface area contributed by atoms with Crippen molar-refractivity contribution in [1.29, 1.82) is 0 Å². The summed E-state index contributed by atoms with van der Waals surface area (Å²) in [4.78, 5) is 32.1. The number of hydrogen-bond donors (Lipinski definition) is 1. The van der Waals surface area contributed by atoms with E-state index in [9.17, 15) is 9.59 Å². The maximum absolute atomic E-state index is 13.1. The molecule has 0 spiro atoms. The van der Waals surface area contributed by atoms with Gasteiger partial charge in [-0.25, -0.2) is 14.6 Å². The molecule has 1 aromatic rings. The van der Waals surface area contributed by atoms with Crippen molar-refractivity contribution >= 4 is 46.4 Å². The molecule has 1 saturated carbocycles. The number of carbonyl (C=O) groups excluding carboxylic acids is 2. The van der Waals surface area contributed by atoms with Gasteiger partial charge in [-0.3, -0.25) is 0 Å². The van der Waals surface area contributed by atoms with Crippen LogP contribution in [0.25, 0.3) is 0 Å². The van der Waals surface area contributed by atoms with Crippen molar-refractivity contribution in [3.05, 3.63) is 28.8 Å². The summed E-state index contributed by atoms with van der Waals surface area (Å²) in [5, 5.41) is 0.802. The van der Waals surface area contributed by atoms with E-state index in [2.05, 4.69) is 0 Å². The van der Waals surface area contributed by atoms with Crippen LogP contribution in [0.5, 0.6) is 0 Å². The third kappa shape index (κ3) is 5.52. The molecule has 2 amide bonds. The van der Waals surface area contributed by atoms with E-state index in [1.54, 1.807) is 47.6 Å². The Balaban J connectivity index is 2.09. The lowest BCUT2D eigenvalue weighted by Crippen LogP contribution is -2.48. The number of amidine groups is 1. The molecule has 2 N–H and O–H groups in total. The lowest BCUT2D eigenvalue weighted by Gasteiger charge is -2.39. The fourth-order valence-corrected chi connectivity index (χ4v) is 5.62. The fourth-order valence-electron chi connectivity index (χ4n) is 4.07. The van der Waals surface area contributed by atoms with Gasteiger partial charge in [0.05, 0.1) is 5.54 Å². The van der Waals surface area contributed by atoms with Gasteiger partial charge in [-0.15, -0.1) is 0 Å². The Morgan fingerprint density at radius 3 is 2.25 bits per heavy atom. The molecule has 7 nitrogen and oxygen atoms in total. The fraction of sp³-hybridized carbons (Fsp3) is 0.609. The van der Waals surface area contributed by atoms with Crippen LogP contribution in [0.1, 0.15) is 66.4 Å². The highest BCUT2D eigenvalue weighted by atomic mass is 35.5. The van der Waals surface area contributed by atoms with E-state index in [4.69, 9.17) is 31.8 Å². The van der Waals surface area contributed by atoms with Gasteiger partial charge in [0, 0.05) is 16.5 Å². The summed E-state index contributed by atoms with van der Waals surface area (Å²) in [5.74, 6) is 0.945. The average Bonchev–Trinajstić information content (AvgIpc) is 3.02. The van der Waals surface area contributed by atoms with E-state index in [1.807, 2.05) is 12.1 Å². The molecule has 176 valence electrons. The number of anilines is 1. The number of nitrogens with zero attached hydrogens (tertiary/aromatic N) is 2. The van der Waals surface area contributed by atoms with Gasteiger partial charge < -0.3 is 15.2 Å². The zero-order valence-corrected chi connectivity index (χ0v) is 21.1. The summed E-state index contributed by atoms with van der Waals surface area (Å²) in [6.07, 6.45) is 1.13. The van der Waals surface area contributed by atoms with Gasteiger partial charge in [-0.2, -0.15) is 4.90 Å². The molecule has 0 saturated heterocycles. The Morgan fingerprint density at radius 1 is 1.12 bits per heavy atom. The zero-order valence-electron chi connectivity index (χ0n) is 19.5. The molecular weight excluding hydrogens is 450 g/mol. The van der Waals surface area contributed by atoms with Crippen molar-refractivity contribution < 1.29 is 19.1 Å². The van der Waals surface area contributed by atoms with Crippen LogP contribution in [0.15, 0.2) is 23.2 Å². The molecule has 1 heterocycles. The van der Waals surface area contributed by atoms with Crippen LogP contribution in [0.4, 0.5) is 15.3 Å². The van der Waals surface area contributed by atoms with Crippen molar-refractivity contribution in [2.24, 2.45) is 10.9 Å². The first kappa shape index (κ1) is 24.7. The molecule has 3 rings (SSSR count). The highest BCUT2D eigenvalue weighted by Gasteiger charge is 2.49. The molecule has 0 aromatic heterocycles. The van der Waals surface area contributed by atoms with Crippen molar-refractivity contribution in [3.63, 3.8) is 0 Å². The lowest BCUT2D eigenvalue weighted by molar-refractivity contribution is 0.0150. The van der Waals surface area contributed by atoms with Gasteiger partial charge in [-0.05, 0) is 84.1 Å². The number of hydrogen-bond acceptors (Lipinski definition) is 7. The topological polar surface area (TPSA) is 94.2 Å². The van der Waals surface area contributed by atoms with Gasteiger partial charge in [0.15, 0.2) is 5.17 Å². The van der Waals surface area contributed by atoms with E-state index in [1.165, 1.54) is 11.8 Å². The predicted molar refractivity (Wildman–Crippen MR) is 129 cm³/mol. The molecule has 0 radical (unpaired) electrons. The number of ether oxygens (including phenoxy) is 2. The van der Waals surface area contributed by atoms with Gasteiger partial charge in [0.1, 0.15) is 11.2 Å². The van der Waals surface area contributed by atoms with Crippen LogP contribution in [-0.4, -0.2) is 39.2 Å². The second kappa shape index (κ2) is 8.78. The predicted octanol–water partition coefficient (Wildman–Crippen LogP) is 6.19. The van der Waals surface area contributed by atoms with E-state index < -0.39 is 28.9 Å². The van der Waals surface area contributed by atoms with Gasteiger partial charge in [-0.1, -0.05) is 29.8 Å².